The first-order valence-electron chi connectivity index (χ1n) is 6.31. The molecule has 3 heteroatoms. The molecule has 1 fully saturated rings. The topological polar surface area (TPSA) is 44.5 Å². The van der Waals surface area contributed by atoms with Gasteiger partial charge in [-0.25, -0.2) is 0 Å². The highest BCUT2D eigenvalue weighted by Crippen LogP contribution is 2.28. The Kier molecular flexibility index (Phi) is 5.22. The van der Waals surface area contributed by atoms with Crippen molar-refractivity contribution in [3.63, 3.8) is 0 Å². The standard InChI is InChI=1S/C13H27NO2/c1-13(2,3)12(15-4)11(14)9-10-5-7-16-8-6-10/h10-12H,5-9,14H2,1-4H3. The predicted octanol–water partition coefficient (Wildman–Crippen LogP) is 2.19. The van der Waals surface area contributed by atoms with Gasteiger partial charge < -0.3 is 15.2 Å². The Balaban J connectivity index is 2.45. The summed E-state index contributed by atoms with van der Waals surface area (Å²) in [6.45, 7) is 8.34. The fourth-order valence-electron chi connectivity index (χ4n) is 2.66. The Morgan fingerprint density at radius 1 is 1.31 bits per heavy atom. The highest BCUT2D eigenvalue weighted by atomic mass is 16.5. The SMILES string of the molecule is COC(C(N)CC1CCOCC1)C(C)(C)C. The molecule has 0 amide bonds. The normalized spacial score (nSPS) is 23.1. The second kappa shape index (κ2) is 5.99. The van der Waals surface area contributed by atoms with Gasteiger partial charge in [0.05, 0.1) is 6.10 Å². The summed E-state index contributed by atoms with van der Waals surface area (Å²) in [7, 11) is 1.76. The molecule has 1 aliphatic rings. The third-order valence-corrected chi connectivity index (χ3v) is 3.44. The highest BCUT2D eigenvalue weighted by molar-refractivity contribution is 4.85. The molecule has 2 N–H and O–H groups in total. The Bertz CT molecular complexity index is 195. The lowest BCUT2D eigenvalue weighted by Crippen LogP contribution is -2.46. The van der Waals surface area contributed by atoms with Crippen molar-refractivity contribution in [3.05, 3.63) is 0 Å². The molecule has 2 atom stereocenters. The Morgan fingerprint density at radius 2 is 1.88 bits per heavy atom. The van der Waals surface area contributed by atoms with Crippen LogP contribution in [0.25, 0.3) is 0 Å². The first-order chi connectivity index (χ1) is 7.45. The maximum absolute atomic E-state index is 6.28. The van der Waals surface area contributed by atoms with Gasteiger partial charge in [0.2, 0.25) is 0 Å². The van der Waals surface area contributed by atoms with Gasteiger partial charge >= 0.3 is 0 Å². The van der Waals surface area contributed by atoms with Gasteiger partial charge in [0.15, 0.2) is 0 Å². The molecule has 2 unspecified atom stereocenters. The van der Waals surface area contributed by atoms with Crippen LogP contribution in [0.15, 0.2) is 0 Å². The second-order valence-corrected chi connectivity index (χ2v) is 5.98. The maximum atomic E-state index is 6.28. The summed E-state index contributed by atoms with van der Waals surface area (Å²) in [5.41, 5.74) is 6.39. The molecule has 1 heterocycles. The minimum absolute atomic E-state index is 0.110. The molecule has 3 nitrogen and oxygen atoms in total. The summed E-state index contributed by atoms with van der Waals surface area (Å²) in [5.74, 6) is 0.712. The van der Waals surface area contributed by atoms with Crippen LogP contribution in [0.1, 0.15) is 40.0 Å². The summed E-state index contributed by atoms with van der Waals surface area (Å²) >= 11 is 0. The van der Waals surface area contributed by atoms with Crippen molar-refractivity contribution in [1.82, 2.24) is 0 Å². The number of hydrogen-bond donors (Lipinski definition) is 1. The molecule has 1 aliphatic heterocycles. The fourth-order valence-corrected chi connectivity index (χ4v) is 2.66. The first-order valence-corrected chi connectivity index (χ1v) is 6.31. The number of ether oxygens (including phenoxy) is 2. The molecule has 0 aromatic rings. The number of hydrogen-bond acceptors (Lipinski definition) is 3. The van der Waals surface area contributed by atoms with Gasteiger partial charge in [-0.2, -0.15) is 0 Å². The number of rotatable bonds is 4. The van der Waals surface area contributed by atoms with Crippen LogP contribution in [0.4, 0.5) is 0 Å². The van der Waals surface area contributed by atoms with Gasteiger partial charge in [-0.15, -0.1) is 0 Å². The summed E-state index contributed by atoms with van der Waals surface area (Å²) < 4.78 is 10.9. The van der Waals surface area contributed by atoms with Crippen LogP contribution in [0, 0.1) is 11.3 Å². The molecule has 16 heavy (non-hydrogen) atoms. The average Bonchev–Trinajstić information content (AvgIpc) is 2.17. The zero-order chi connectivity index (χ0) is 12.2. The van der Waals surface area contributed by atoms with Gasteiger partial charge in [-0.05, 0) is 30.6 Å². The monoisotopic (exact) mass is 229 g/mol. The minimum atomic E-state index is 0.110. The van der Waals surface area contributed by atoms with E-state index in [0.717, 1.165) is 32.5 Å². The van der Waals surface area contributed by atoms with E-state index in [1.54, 1.807) is 7.11 Å². The van der Waals surface area contributed by atoms with Gasteiger partial charge in [-0.1, -0.05) is 20.8 Å². The zero-order valence-electron chi connectivity index (χ0n) is 11.2. The van der Waals surface area contributed by atoms with E-state index in [9.17, 15) is 0 Å². The van der Waals surface area contributed by atoms with E-state index in [0.29, 0.717) is 5.92 Å². The van der Waals surface area contributed by atoms with Gasteiger partial charge in [0, 0.05) is 26.4 Å². The Hall–Kier alpha value is -0.120. The van der Waals surface area contributed by atoms with Crippen LogP contribution in [0.5, 0.6) is 0 Å². The fraction of sp³-hybridized carbons (Fsp3) is 1.00. The molecule has 0 aliphatic carbocycles. The van der Waals surface area contributed by atoms with Crippen LogP contribution in [0.2, 0.25) is 0 Å². The zero-order valence-corrected chi connectivity index (χ0v) is 11.2. The first kappa shape index (κ1) is 13.9. The number of methoxy groups -OCH3 is 1. The van der Waals surface area contributed by atoms with Gasteiger partial charge in [0.25, 0.3) is 0 Å². The van der Waals surface area contributed by atoms with Crippen molar-refractivity contribution >= 4 is 0 Å². The van der Waals surface area contributed by atoms with E-state index in [-0.39, 0.29) is 17.6 Å². The van der Waals surface area contributed by atoms with Crippen molar-refractivity contribution in [3.8, 4) is 0 Å². The van der Waals surface area contributed by atoms with Crippen molar-refractivity contribution < 1.29 is 9.47 Å². The molecule has 1 saturated heterocycles. The van der Waals surface area contributed by atoms with Crippen molar-refractivity contribution in [2.24, 2.45) is 17.1 Å². The molecule has 1 rings (SSSR count). The largest absolute Gasteiger partial charge is 0.381 e. The Labute approximate surface area is 99.7 Å². The predicted molar refractivity (Wildman–Crippen MR) is 66.4 cm³/mol. The highest BCUT2D eigenvalue weighted by Gasteiger charge is 2.31. The summed E-state index contributed by atoms with van der Waals surface area (Å²) in [6, 6.07) is 0.132. The number of nitrogens with two attached hydrogens (primary N) is 1. The third kappa shape index (κ3) is 4.04. The van der Waals surface area contributed by atoms with Crippen molar-refractivity contribution in [2.45, 2.75) is 52.2 Å². The molecule has 0 saturated carbocycles. The van der Waals surface area contributed by atoms with Crippen molar-refractivity contribution in [1.29, 1.82) is 0 Å². The molecular formula is C13H27NO2. The van der Waals surface area contributed by atoms with Crippen LogP contribution in [0.3, 0.4) is 0 Å². The maximum Gasteiger partial charge on any atom is 0.0770 e. The van der Waals surface area contributed by atoms with E-state index < -0.39 is 0 Å². The van der Waals surface area contributed by atoms with E-state index in [1.165, 1.54) is 0 Å². The van der Waals surface area contributed by atoms with Crippen molar-refractivity contribution in [2.75, 3.05) is 20.3 Å². The summed E-state index contributed by atoms with van der Waals surface area (Å²) in [6.07, 6.45) is 3.48. The molecule has 0 aromatic carbocycles. The molecule has 0 radical (unpaired) electrons. The van der Waals surface area contributed by atoms with E-state index in [4.69, 9.17) is 15.2 Å². The van der Waals surface area contributed by atoms with E-state index >= 15 is 0 Å². The third-order valence-electron chi connectivity index (χ3n) is 3.44. The van der Waals surface area contributed by atoms with Gasteiger partial charge in [-0.3, -0.25) is 0 Å². The summed E-state index contributed by atoms with van der Waals surface area (Å²) in [5, 5.41) is 0. The lowest BCUT2D eigenvalue weighted by Gasteiger charge is -2.36. The second-order valence-electron chi connectivity index (χ2n) is 5.98. The van der Waals surface area contributed by atoms with Gasteiger partial charge in [0.1, 0.15) is 0 Å². The quantitative estimate of drug-likeness (QED) is 0.803. The lowest BCUT2D eigenvalue weighted by molar-refractivity contribution is -0.0137. The minimum Gasteiger partial charge on any atom is -0.381 e. The van der Waals surface area contributed by atoms with E-state index in [2.05, 4.69) is 20.8 Å². The summed E-state index contributed by atoms with van der Waals surface area (Å²) in [4.78, 5) is 0. The molecule has 0 aromatic heterocycles. The van der Waals surface area contributed by atoms with Crippen LogP contribution in [-0.2, 0) is 9.47 Å². The average molecular weight is 229 g/mol. The van der Waals surface area contributed by atoms with Crippen LogP contribution < -0.4 is 5.73 Å². The van der Waals surface area contributed by atoms with Crippen LogP contribution >= 0.6 is 0 Å². The molecule has 0 bridgehead atoms. The molecule has 96 valence electrons. The Morgan fingerprint density at radius 3 is 2.31 bits per heavy atom. The smallest absolute Gasteiger partial charge is 0.0770 e. The lowest BCUT2D eigenvalue weighted by atomic mass is 9.80. The molecule has 0 spiro atoms. The molecular weight excluding hydrogens is 202 g/mol. The van der Waals surface area contributed by atoms with Crippen LogP contribution in [-0.4, -0.2) is 32.5 Å². The van der Waals surface area contributed by atoms with E-state index in [1.807, 2.05) is 0 Å².